The Bertz CT molecular complexity index is 1400. The minimum absolute atomic E-state index is 0.0211. The first-order chi connectivity index (χ1) is 16.2. The van der Waals surface area contributed by atoms with Crippen molar-refractivity contribution in [3.63, 3.8) is 0 Å². The molecular formula is C24H29BFNO6SSi. The number of nitrogens with zero attached hydrogens (tertiary/aromatic N) is 1. The van der Waals surface area contributed by atoms with Gasteiger partial charge in [-0.15, -0.1) is 0 Å². The summed E-state index contributed by atoms with van der Waals surface area (Å²) in [6.45, 7) is 9.53. The fraction of sp³-hybridized carbons (Fsp3) is 0.375. The molecule has 0 unspecified atom stereocenters. The monoisotopic (exact) mass is 517 g/mol. The Kier molecular flexibility index (Phi) is 6.28. The maximum atomic E-state index is 13.6. The number of anilines is 1. The normalized spacial score (nSPS) is 17.5. The Labute approximate surface area is 207 Å². The largest absolute Gasteiger partial charge is 0.497 e. The van der Waals surface area contributed by atoms with E-state index in [0.717, 1.165) is 10.6 Å². The van der Waals surface area contributed by atoms with Crippen molar-refractivity contribution in [2.24, 2.45) is 0 Å². The number of rotatable bonds is 6. The predicted molar refractivity (Wildman–Crippen MR) is 139 cm³/mol. The van der Waals surface area contributed by atoms with Crippen LogP contribution in [0, 0.1) is 5.82 Å². The van der Waals surface area contributed by atoms with Crippen molar-refractivity contribution in [3.8, 4) is 11.3 Å². The zero-order valence-electron chi connectivity index (χ0n) is 20.9. The first kappa shape index (κ1) is 25.6. The predicted octanol–water partition coefficient (Wildman–Crippen LogP) is 3.29. The molecule has 0 N–H and O–H groups in total. The summed E-state index contributed by atoms with van der Waals surface area (Å²) < 4.78 is 58.3. The summed E-state index contributed by atoms with van der Waals surface area (Å²) in [4.78, 5) is 13.1. The molecule has 1 aliphatic heterocycles. The molecule has 1 aliphatic rings. The molecule has 0 radical (unpaired) electrons. The van der Waals surface area contributed by atoms with Gasteiger partial charge in [-0.2, -0.15) is 0 Å². The van der Waals surface area contributed by atoms with Crippen molar-refractivity contribution in [3.05, 3.63) is 47.8 Å². The summed E-state index contributed by atoms with van der Waals surface area (Å²) in [5.41, 5.74) is 0.806. The molecule has 0 bridgehead atoms. The third-order valence-electron chi connectivity index (χ3n) is 6.89. The maximum absolute atomic E-state index is 13.6. The van der Waals surface area contributed by atoms with E-state index in [1.807, 2.05) is 34.2 Å². The number of carbonyl (C=O) groups is 1. The molecule has 4 rings (SSSR count). The van der Waals surface area contributed by atoms with Crippen LogP contribution in [-0.4, -0.2) is 55.0 Å². The second-order valence-electron chi connectivity index (χ2n) is 9.82. The minimum Gasteiger partial charge on any atom is -0.455 e. The van der Waals surface area contributed by atoms with Crippen LogP contribution < -0.4 is 9.77 Å². The molecule has 0 atom stereocenters. The third kappa shape index (κ3) is 4.46. The number of benzene rings is 2. The number of halogens is 1. The first-order valence-electron chi connectivity index (χ1n) is 11.4. The van der Waals surface area contributed by atoms with Gasteiger partial charge in [0, 0.05) is 29.5 Å². The maximum Gasteiger partial charge on any atom is 0.497 e. The third-order valence-corrected chi connectivity index (χ3v) is 9.07. The van der Waals surface area contributed by atoms with Gasteiger partial charge in [-0.1, -0.05) is 6.55 Å². The van der Waals surface area contributed by atoms with Crippen molar-refractivity contribution in [2.75, 3.05) is 17.6 Å². The molecule has 11 heteroatoms. The summed E-state index contributed by atoms with van der Waals surface area (Å²) >= 11 is 0. The van der Waals surface area contributed by atoms with Crippen LogP contribution in [0.2, 0.25) is 6.55 Å². The molecule has 0 aliphatic carbocycles. The van der Waals surface area contributed by atoms with Crippen LogP contribution in [0.3, 0.4) is 0 Å². The molecule has 7 nitrogen and oxygen atoms in total. The Balaban J connectivity index is 2.02. The van der Waals surface area contributed by atoms with E-state index in [4.69, 9.17) is 13.7 Å². The van der Waals surface area contributed by atoms with E-state index in [1.54, 1.807) is 24.3 Å². The number of fused-ring (bicyclic) bond motifs is 1. The number of hydrogen-bond acceptors (Lipinski definition) is 6. The Hall–Kier alpha value is -2.47. The highest BCUT2D eigenvalue weighted by molar-refractivity contribution is 7.92. The van der Waals surface area contributed by atoms with E-state index in [0.29, 0.717) is 39.0 Å². The summed E-state index contributed by atoms with van der Waals surface area (Å²) in [5.74, 6) is -0.0684. The molecule has 1 aromatic heterocycles. The van der Waals surface area contributed by atoms with Crippen molar-refractivity contribution >= 4 is 54.2 Å². The van der Waals surface area contributed by atoms with E-state index < -0.39 is 43.7 Å². The van der Waals surface area contributed by atoms with Crippen LogP contribution in [0.5, 0.6) is 0 Å². The highest BCUT2D eigenvalue weighted by Crippen LogP contribution is 2.40. The molecule has 0 spiro atoms. The molecule has 1 saturated heterocycles. The van der Waals surface area contributed by atoms with E-state index in [-0.39, 0.29) is 5.41 Å². The molecule has 186 valence electrons. The van der Waals surface area contributed by atoms with E-state index in [2.05, 4.69) is 0 Å². The second kappa shape index (κ2) is 8.58. The van der Waals surface area contributed by atoms with Crippen molar-refractivity contribution in [1.29, 1.82) is 0 Å². The number of sulfonamides is 1. The van der Waals surface area contributed by atoms with Gasteiger partial charge < -0.3 is 18.5 Å². The van der Waals surface area contributed by atoms with Crippen LogP contribution >= 0.6 is 0 Å². The van der Waals surface area contributed by atoms with Crippen LogP contribution in [0.1, 0.15) is 38.1 Å². The molecule has 35 heavy (non-hydrogen) atoms. The standard InChI is InChI=1S/C24H29BFNO6SSi/c1-23(2)24(3,4)33-25(32-23)17-12-16-19(13-18(17)27(5)34(6,29)30)31-21(20(16)22(28)35-7)14-8-10-15(26)11-9-14/h8-13H,35H2,1-7H3. The van der Waals surface area contributed by atoms with Gasteiger partial charge >= 0.3 is 7.12 Å². The van der Waals surface area contributed by atoms with Crippen LogP contribution in [-0.2, 0) is 19.3 Å². The number of carbonyl (C=O) groups excluding carboxylic acids is 1. The van der Waals surface area contributed by atoms with Crippen LogP contribution in [0.25, 0.3) is 22.3 Å². The van der Waals surface area contributed by atoms with E-state index in [1.165, 1.54) is 19.2 Å². The van der Waals surface area contributed by atoms with Gasteiger partial charge in [0.15, 0.2) is 0 Å². The van der Waals surface area contributed by atoms with Gasteiger partial charge in [0.1, 0.15) is 32.1 Å². The average molecular weight is 517 g/mol. The van der Waals surface area contributed by atoms with Crippen LogP contribution in [0.15, 0.2) is 40.8 Å². The Morgan fingerprint density at radius 2 is 1.63 bits per heavy atom. The lowest BCUT2D eigenvalue weighted by atomic mass is 9.77. The number of furan rings is 1. The summed E-state index contributed by atoms with van der Waals surface area (Å²) in [7, 11) is -4.17. The lowest BCUT2D eigenvalue weighted by molar-refractivity contribution is 0.00578. The summed E-state index contributed by atoms with van der Waals surface area (Å²) in [6.07, 6.45) is 1.11. The van der Waals surface area contributed by atoms with E-state index >= 15 is 0 Å². The Morgan fingerprint density at radius 1 is 1.06 bits per heavy atom. The van der Waals surface area contributed by atoms with E-state index in [9.17, 15) is 17.6 Å². The fourth-order valence-electron chi connectivity index (χ4n) is 4.02. The Morgan fingerprint density at radius 3 is 2.14 bits per heavy atom. The molecule has 1 fully saturated rings. The van der Waals surface area contributed by atoms with Gasteiger partial charge in [-0.25, -0.2) is 12.8 Å². The van der Waals surface area contributed by atoms with Gasteiger partial charge in [0.2, 0.25) is 10.0 Å². The SMILES string of the molecule is C[SiH2]C(=O)c1c(-c2ccc(F)cc2)oc2cc(N(C)S(C)(=O)=O)c(B3OC(C)(C)C(C)(C)O3)cc12. The van der Waals surface area contributed by atoms with Crippen molar-refractivity contribution in [2.45, 2.75) is 45.4 Å². The zero-order chi connectivity index (χ0) is 25.9. The van der Waals surface area contributed by atoms with Gasteiger partial charge in [0.05, 0.1) is 28.7 Å². The van der Waals surface area contributed by atoms with Crippen molar-refractivity contribution < 1.29 is 31.3 Å². The van der Waals surface area contributed by atoms with Gasteiger partial charge in [-0.05, 0) is 58.0 Å². The lowest BCUT2D eigenvalue weighted by Gasteiger charge is -2.32. The zero-order valence-corrected chi connectivity index (χ0v) is 23.2. The first-order valence-corrected chi connectivity index (χ1v) is 15.3. The molecule has 0 saturated carbocycles. The summed E-state index contributed by atoms with van der Waals surface area (Å²) in [6, 6.07) is 9.04. The molecular weight excluding hydrogens is 488 g/mol. The molecule has 2 aromatic carbocycles. The molecule has 3 aromatic rings. The minimum atomic E-state index is -3.64. The van der Waals surface area contributed by atoms with Crippen molar-refractivity contribution in [1.82, 2.24) is 0 Å². The quantitative estimate of drug-likeness (QED) is 0.467. The highest BCUT2D eigenvalue weighted by atomic mass is 32.2. The average Bonchev–Trinajstić information content (AvgIpc) is 3.24. The highest BCUT2D eigenvalue weighted by Gasteiger charge is 2.52. The topological polar surface area (TPSA) is 86.1 Å². The van der Waals surface area contributed by atoms with Crippen LogP contribution in [0.4, 0.5) is 10.1 Å². The molecule has 0 amide bonds. The van der Waals surface area contributed by atoms with Gasteiger partial charge in [0.25, 0.3) is 0 Å². The summed E-state index contributed by atoms with van der Waals surface area (Å²) in [5, 5.41) is 0.520. The van der Waals surface area contributed by atoms with Gasteiger partial charge in [-0.3, -0.25) is 4.31 Å². The fourth-order valence-corrected chi connectivity index (χ4v) is 5.24. The second-order valence-corrected chi connectivity index (χ2v) is 13.2. The smallest absolute Gasteiger partial charge is 0.455 e. The molecule has 2 heterocycles. The number of hydrogen-bond donors (Lipinski definition) is 0. The lowest BCUT2D eigenvalue weighted by Crippen LogP contribution is -2.41.